The largest absolute Gasteiger partial charge is 0.496 e. The first-order valence-electron chi connectivity index (χ1n) is 6.83. The molecule has 0 atom stereocenters. The van der Waals surface area contributed by atoms with Gasteiger partial charge in [-0.3, -0.25) is 4.79 Å². The summed E-state index contributed by atoms with van der Waals surface area (Å²) in [6, 6.07) is 12.7. The molecule has 0 saturated carbocycles. The summed E-state index contributed by atoms with van der Waals surface area (Å²) in [6.45, 7) is 4.42. The van der Waals surface area contributed by atoms with Gasteiger partial charge in [0.15, 0.2) is 0 Å². The van der Waals surface area contributed by atoms with Crippen LogP contribution in [0, 0.1) is 6.92 Å². The summed E-state index contributed by atoms with van der Waals surface area (Å²) in [5, 5.41) is 2.86. The highest BCUT2D eigenvalue weighted by molar-refractivity contribution is 6.04. The van der Waals surface area contributed by atoms with Crippen molar-refractivity contribution in [2.24, 2.45) is 0 Å². The van der Waals surface area contributed by atoms with E-state index in [1.807, 2.05) is 32.0 Å². The number of methoxy groups -OCH3 is 1. The molecule has 2 aromatic carbocycles. The number of amides is 1. The third-order valence-electron chi connectivity index (χ3n) is 3.06. The molecule has 110 valence electrons. The maximum Gasteiger partial charge on any atom is 0.255 e. The van der Waals surface area contributed by atoms with E-state index in [2.05, 4.69) is 5.32 Å². The normalized spacial score (nSPS) is 10.0. The molecule has 0 aliphatic rings. The van der Waals surface area contributed by atoms with E-state index in [9.17, 15) is 4.79 Å². The molecule has 1 N–H and O–H groups in total. The van der Waals surface area contributed by atoms with E-state index >= 15 is 0 Å². The van der Waals surface area contributed by atoms with Crippen LogP contribution in [0.15, 0.2) is 42.5 Å². The van der Waals surface area contributed by atoms with Crippen molar-refractivity contribution in [2.45, 2.75) is 13.8 Å². The van der Waals surface area contributed by atoms with E-state index in [0.29, 0.717) is 17.9 Å². The van der Waals surface area contributed by atoms with Gasteiger partial charge < -0.3 is 14.8 Å². The van der Waals surface area contributed by atoms with Gasteiger partial charge >= 0.3 is 0 Å². The molecule has 4 heteroatoms. The zero-order valence-electron chi connectivity index (χ0n) is 12.5. The number of carbonyl (C=O) groups excluding carboxylic acids is 1. The summed E-state index contributed by atoms with van der Waals surface area (Å²) >= 11 is 0. The predicted octanol–water partition coefficient (Wildman–Crippen LogP) is 3.65. The summed E-state index contributed by atoms with van der Waals surface area (Å²) in [5.74, 6) is 1.35. The summed E-state index contributed by atoms with van der Waals surface area (Å²) in [5.41, 5.74) is 2.22. The van der Waals surface area contributed by atoms with Gasteiger partial charge in [-0.2, -0.15) is 0 Å². The Bertz CT molecular complexity index is 638. The molecule has 21 heavy (non-hydrogen) atoms. The molecule has 0 aromatic heterocycles. The second-order valence-electron chi connectivity index (χ2n) is 4.60. The van der Waals surface area contributed by atoms with E-state index in [4.69, 9.17) is 9.47 Å². The van der Waals surface area contributed by atoms with Crippen molar-refractivity contribution in [3.05, 3.63) is 53.6 Å². The standard InChI is InChI=1S/C17H19NO3/c1-4-21-15-7-5-6-14(11-15)18-17(19)13-8-9-16(20-3)12(2)10-13/h5-11H,4H2,1-3H3,(H,18,19). The topological polar surface area (TPSA) is 47.6 Å². The number of rotatable bonds is 5. The Labute approximate surface area is 124 Å². The van der Waals surface area contributed by atoms with E-state index in [0.717, 1.165) is 17.1 Å². The Morgan fingerprint density at radius 1 is 1.19 bits per heavy atom. The van der Waals surface area contributed by atoms with Gasteiger partial charge in [-0.1, -0.05) is 6.07 Å². The van der Waals surface area contributed by atoms with Crippen molar-refractivity contribution in [3.8, 4) is 11.5 Å². The Balaban J connectivity index is 2.14. The molecule has 2 aromatic rings. The zero-order chi connectivity index (χ0) is 15.2. The Hall–Kier alpha value is -2.49. The zero-order valence-corrected chi connectivity index (χ0v) is 12.5. The maximum absolute atomic E-state index is 12.2. The Morgan fingerprint density at radius 2 is 2.00 bits per heavy atom. The molecule has 0 fully saturated rings. The van der Waals surface area contributed by atoms with Crippen LogP contribution in [0.4, 0.5) is 5.69 Å². The summed E-state index contributed by atoms with van der Waals surface area (Å²) in [6.07, 6.45) is 0. The molecule has 0 saturated heterocycles. The first kappa shape index (κ1) is 14.9. The number of hydrogen-bond donors (Lipinski definition) is 1. The van der Waals surface area contributed by atoms with E-state index in [1.54, 1.807) is 31.4 Å². The molecule has 0 bridgehead atoms. The Morgan fingerprint density at radius 3 is 2.67 bits per heavy atom. The molecule has 0 radical (unpaired) electrons. The number of nitrogens with one attached hydrogen (secondary N) is 1. The van der Waals surface area contributed by atoms with Gasteiger partial charge in [-0.05, 0) is 49.7 Å². The second kappa shape index (κ2) is 6.79. The molecule has 0 aliphatic carbocycles. The van der Waals surface area contributed by atoms with Gasteiger partial charge in [0.05, 0.1) is 13.7 Å². The minimum Gasteiger partial charge on any atom is -0.496 e. The van der Waals surface area contributed by atoms with Crippen molar-refractivity contribution in [1.82, 2.24) is 0 Å². The molecule has 1 amide bonds. The lowest BCUT2D eigenvalue weighted by molar-refractivity contribution is 0.102. The highest BCUT2D eigenvalue weighted by Crippen LogP contribution is 2.21. The molecule has 0 spiro atoms. The summed E-state index contributed by atoms with van der Waals surface area (Å²) in [4.78, 5) is 12.2. The fraction of sp³-hybridized carbons (Fsp3) is 0.235. The van der Waals surface area contributed by atoms with Crippen LogP contribution in [0.3, 0.4) is 0 Å². The highest BCUT2D eigenvalue weighted by Gasteiger charge is 2.09. The van der Waals surface area contributed by atoms with Crippen LogP contribution in [0.2, 0.25) is 0 Å². The monoisotopic (exact) mass is 285 g/mol. The predicted molar refractivity (Wildman–Crippen MR) is 83.3 cm³/mol. The van der Waals surface area contributed by atoms with Crippen LogP contribution in [0.1, 0.15) is 22.8 Å². The average Bonchev–Trinajstić information content (AvgIpc) is 2.48. The fourth-order valence-electron chi connectivity index (χ4n) is 2.05. The minimum atomic E-state index is -0.158. The van der Waals surface area contributed by atoms with Gasteiger partial charge in [-0.15, -0.1) is 0 Å². The van der Waals surface area contributed by atoms with Crippen LogP contribution >= 0.6 is 0 Å². The fourth-order valence-corrected chi connectivity index (χ4v) is 2.05. The van der Waals surface area contributed by atoms with E-state index < -0.39 is 0 Å². The van der Waals surface area contributed by atoms with Crippen molar-refractivity contribution in [2.75, 3.05) is 19.0 Å². The van der Waals surface area contributed by atoms with Crippen LogP contribution in [0.5, 0.6) is 11.5 Å². The van der Waals surface area contributed by atoms with Crippen molar-refractivity contribution >= 4 is 11.6 Å². The molecule has 0 unspecified atom stereocenters. The van der Waals surface area contributed by atoms with Crippen molar-refractivity contribution in [1.29, 1.82) is 0 Å². The molecule has 4 nitrogen and oxygen atoms in total. The van der Waals surface area contributed by atoms with Crippen LogP contribution in [0.25, 0.3) is 0 Å². The molecular weight excluding hydrogens is 266 g/mol. The first-order valence-corrected chi connectivity index (χ1v) is 6.83. The third kappa shape index (κ3) is 3.75. The highest BCUT2D eigenvalue weighted by atomic mass is 16.5. The third-order valence-corrected chi connectivity index (χ3v) is 3.06. The van der Waals surface area contributed by atoms with Gasteiger partial charge in [0.25, 0.3) is 5.91 Å². The van der Waals surface area contributed by atoms with Crippen LogP contribution in [-0.2, 0) is 0 Å². The van der Waals surface area contributed by atoms with Crippen molar-refractivity contribution in [3.63, 3.8) is 0 Å². The molecular formula is C17H19NO3. The van der Waals surface area contributed by atoms with Gasteiger partial charge in [-0.25, -0.2) is 0 Å². The number of anilines is 1. The van der Waals surface area contributed by atoms with Gasteiger partial charge in [0.2, 0.25) is 0 Å². The second-order valence-corrected chi connectivity index (χ2v) is 4.60. The van der Waals surface area contributed by atoms with Crippen LogP contribution < -0.4 is 14.8 Å². The van der Waals surface area contributed by atoms with Crippen LogP contribution in [-0.4, -0.2) is 19.6 Å². The SMILES string of the molecule is CCOc1cccc(NC(=O)c2ccc(OC)c(C)c2)c1. The quantitative estimate of drug-likeness (QED) is 0.912. The maximum atomic E-state index is 12.2. The number of hydrogen-bond acceptors (Lipinski definition) is 3. The molecule has 0 aliphatic heterocycles. The van der Waals surface area contributed by atoms with Gasteiger partial charge in [0.1, 0.15) is 11.5 Å². The average molecular weight is 285 g/mol. The molecule has 2 rings (SSSR count). The number of ether oxygens (including phenoxy) is 2. The molecule has 0 heterocycles. The lowest BCUT2D eigenvalue weighted by Gasteiger charge is -2.10. The smallest absolute Gasteiger partial charge is 0.255 e. The summed E-state index contributed by atoms with van der Waals surface area (Å²) in [7, 11) is 1.61. The van der Waals surface area contributed by atoms with E-state index in [1.165, 1.54) is 0 Å². The lowest BCUT2D eigenvalue weighted by Crippen LogP contribution is -2.12. The first-order chi connectivity index (χ1) is 10.1. The minimum absolute atomic E-state index is 0.158. The number of aryl methyl sites for hydroxylation is 1. The number of carbonyl (C=O) groups is 1. The van der Waals surface area contributed by atoms with E-state index in [-0.39, 0.29) is 5.91 Å². The Kier molecular flexibility index (Phi) is 4.82. The van der Waals surface area contributed by atoms with Gasteiger partial charge in [0, 0.05) is 17.3 Å². The lowest BCUT2D eigenvalue weighted by atomic mass is 10.1. The number of benzene rings is 2. The summed E-state index contributed by atoms with van der Waals surface area (Å²) < 4.78 is 10.6. The van der Waals surface area contributed by atoms with Crippen molar-refractivity contribution < 1.29 is 14.3 Å².